The van der Waals surface area contributed by atoms with Crippen LogP contribution in [0.15, 0.2) is 18.2 Å². The van der Waals surface area contributed by atoms with Crippen LogP contribution in [-0.4, -0.2) is 13.1 Å². The van der Waals surface area contributed by atoms with E-state index in [1.807, 2.05) is 0 Å². The Kier molecular flexibility index (Phi) is 3.00. The summed E-state index contributed by atoms with van der Waals surface area (Å²) in [5, 5.41) is 3.18. The van der Waals surface area contributed by atoms with Gasteiger partial charge in [0.15, 0.2) is 0 Å². The van der Waals surface area contributed by atoms with Crippen molar-refractivity contribution in [2.45, 2.75) is 19.3 Å². The molecule has 15 heavy (non-hydrogen) atoms. The molecule has 1 fully saturated rings. The number of hydrogen-bond acceptors (Lipinski definition) is 1. The van der Waals surface area contributed by atoms with E-state index in [2.05, 4.69) is 12.2 Å². The molecule has 1 heterocycles. The molecule has 0 aliphatic carbocycles. The van der Waals surface area contributed by atoms with Crippen molar-refractivity contribution in [2.24, 2.45) is 5.92 Å². The van der Waals surface area contributed by atoms with Crippen molar-refractivity contribution >= 4 is 0 Å². The Balaban J connectivity index is 2.35. The quantitative estimate of drug-likeness (QED) is 0.753. The predicted octanol–water partition coefficient (Wildman–Crippen LogP) is 2.68. The lowest BCUT2D eigenvalue weighted by Gasteiger charge is -2.30. The van der Waals surface area contributed by atoms with E-state index in [1.165, 1.54) is 18.2 Å². The zero-order chi connectivity index (χ0) is 10.8. The fourth-order valence-corrected chi connectivity index (χ4v) is 2.24. The number of rotatable bonds is 1. The minimum Gasteiger partial charge on any atom is -0.316 e. The molecule has 0 bridgehead atoms. The van der Waals surface area contributed by atoms with Crippen LogP contribution >= 0.6 is 0 Å². The Morgan fingerprint density at radius 3 is 2.53 bits per heavy atom. The molecule has 0 spiro atoms. The fraction of sp³-hybridized carbons (Fsp3) is 0.500. The second kappa shape index (κ2) is 4.27. The van der Waals surface area contributed by atoms with Gasteiger partial charge in [0.05, 0.1) is 0 Å². The van der Waals surface area contributed by atoms with Gasteiger partial charge in [-0.25, -0.2) is 8.78 Å². The van der Waals surface area contributed by atoms with E-state index in [0.717, 1.165) is 13.0 Å². The number of benzene rings is 1. The van der Waals surface area contributed by atoms with Gasteiger partial charge in [-0.2, -0.15) is 0 Å². The molecule has 0 amide bonds. The van der Waals surface area contributed by atoms with E-state index in [-0.39, 0.29) is 11.5 Å². The summed E-state index contributed by atoms with van der Waals surface area (Å²) in [5.74, 6) is -0.552. The lowest BCUT2D eigenvalue weighted by Crippen LogP contribution is -2.34. The summed E-state index contributed by atoms with van der Waals surface area (Å²) in [6.45, 7) is 3.66. The average molecular weight is 211 g/mol. The van der Waals surface area contributed by atoms with E-state index < -0.39 is 11.6 Å². The van der Waals surface area contributed by atoms with E-state index in [0.29, 0.717) is 12.5 Å². The van der Waals surface area contributed by atoms with Crippen LogP contribution < -0.4 is 5.32 Å². The van der Waals surface area contributed by atoms with Crippen molar-refractivity contribution in [3.05, 3.63) is 35.4 Å². The van der Waals surface area contributed by atoms with Crippen LogP contribution in [0, 0.1) is 17.6 Å². The Hall–Kier alpha value is -0.960. The molecular weight excluding hydrogens is 196 g/mol. The van der Waals surface area contributed by atoms with E-state index in [1.54, 1.807) is 0 Å². The first kappa shape index (κ1) is 10.6. The Labute approximate surface area is 88.5 Å². The molecule has 1 aromatic rings. The SMILES string of the molecule is CC1CCNCC1c1c(F)cccc1F. The third kappa shape index (κ3) is 2.02. The molecule has 1 nitrogen and oxygen atoms in total. The molecule has 1 N–H and O–H groups in total. The summed E-state index contributed by atoms with van der Waals surface area (Å²) in [5.41, 5.74) is 0.247. The van der Waals surface area contributed by atoms with Gasteiger partial charge in [0, 0.05) is 18.0 Å². The summed E-state index contributed by atoms with van der Waals surface area (Å²) < 4.78 is 27.1. The molecule has 0 aromatic heterocycles. The van der Waals surface area contributed by atoms with Crippen LogP contribution in [0.1, 0.15) is 24.8 Å². The van der Waals surface area contributed by atoms with Crippen LogP contribution in [0.2, 0.25) is 0 Å². The summed E-state index contributed by atoms with van der Waals surface area (Å²) in [7, 11) is 0. The van der Waals surface area contributed by atoms with Crippen LogP contribution in [0.3, 0.4) is 0 Å². The normalized spacial score (nSPS) is 26.6. The van der Waals surface area contributed by atoms with Crippen LogP contribution in [-0.2, 0) is 0 Å². The topological polar surface area (TPSA) is 12.0 Å². The van der Waals surface area contributed by atoms with Gasteiger partial charge in [-0.1, -0.05) is 13.0 Å². The van der Waals surface area contributed by atoms with Gasteiger partial charge >= 0.3 is 0 Å². The summed E-state index contributed by atoms with van der Waals surface area (Å²) in [6.07, 6.45) is 0.971. The molecule has 2 rings (SSSR count). The standard InChI is InChI=1S/C12H15F2N/c1-8-5-6-15-7-9(8)12-10(13)3-2-4-11(12)14/h2-4,8-9,15H,5-7H2,1H3. The first-order chi connectivity index (χ1) is 7.20. The first-order valence-electron chi connectivity index (χ1n) is 5.34. The maximum Gasteiger partial charge on any atom is 0.129 e. The second-order valence-electron chi connectivity index (χ2n) is 4.21. The molecule has 2 atom stereocenters. The minimum atomic E-state index is -0.421. The van der Waals surface area contributed by atoms with E-state index in [4.69, 9.17) is 0 Å². The Morgan fingerprint density at radius 1 is 1.27 bits per heavy atom. The molecule has 1 aromatic carbocycles. The van der Waals surface area contributed by atoms with Gasteiger partial charge < -0.3 is 5.32 Å². The highest BCUT2D eigenvalue weighted by Crippen LogP contribution is 2.32. The minimum absolute atomic E-state index is 0.0417. The van der Waals surface area contributed by atoms with Crippen molar-refractivity contribution in [1.82, 2.24) is 5.32 Å². The Bertz CT molecular complexity index is 331. The monoisotopic (exact) mass is 211 g/mol. The first-order valence-corrected chi connectivity index (χ1v) is 5.34. The summed E-state index contributed by atoms with van der Waals surface area (Å²) in [4.78, 5) is 0. The van der Waals surface area contributed by atoms with E-state index >= 15 is 0 Å². The zero-order valence-corrected chi connectivity index (χ0v) is 8.76. The Morgan fingerprint density at radius 2 is 1.93 bits per heavy atom. The molecule has 0 saturated carbocycles. The van der Waals surface area contributed by atoms with Crippen LogP contribution in [0.25, 0.3) is 0 Å². The number of hydrogen-bond donors (Lipinski definition) is 1. The molecule has 1 aliphatic rings. The van der Waals surface area contributed by atoms with Gasteiger partial charge in [-0.3, -0.25) is 0 Å². The fourth-order valence-electron chi connectivity index (χ4n) is 2.24. The number of nitrogens with one attached hydrogen (secondary N) is 1. The van der Waals surface area contributed by atoms with Crippen LogP contribution in [0.4, 0.5) is 8.78 Å². The predicted molar refractivity (Wildman–Crippen MR) is 55.7 cm³/mol. The van der Waals surface area contributed by atoms with Gasteiger partial charge in [0.1, 0.15) is 11.6 Å². The highest BCUT2D eigenvalue weighted by atomic mass is 19.1. The molecule has 0 radical (unpaired) electrons. The van der Waals surface area contributed by atoms with Crippen molar-refractivity contribution < 1.29 is 8.78 Å². The number of halogens is 2. The maximum absolute atomic E-state index is 13.5. The molecule has 3 heteroatoms. The molecule has 1 aliphatic heterocycles. The van der Waals surface area contributed by atoms with Crippen LogP contribution in [0.5, 0.6) is 0 Å². The van der Waals surface area contributed by atoms with Gasteiger partial charge in [-0.15, -0.1) is 0 Å². The third-order valence-corrected chi connectivity index (χ3v) is 3.20. The second-order valence-corrected chi connectivity index (χ2v) is 4.21. The molecule has 1 saturated heterocycles. The highest BCUT2D eigenvalue weighted by Gasteiger charge is 2.27. The zero-order valence-electron chi connectivity index (χ0n) is 8.76. The van der Waals surface area contributed by atoms with Crippen molar-refractivity contribution in [3.63, 3.8) is 0 Å². The highest BCUT2D eigenvalue weighted by molar-refractivity contribution is 5.25. The maximum atomic E-state index is 13.5. The number of piperidine rings is 1. The van der Waals surface area contributed by atoms with Gasteiger partial charge in [0.25, 0.3) is 0 Å². The lowest BCUT2D eigenvalue weighted by atomic mass is 9.82. The van der Waals surface area contributed by atoms with Gasteiger partial charge in [0.2, 0.25) is 0 Å². The molecule has 82 valence electrons. The average Bonchev–Trinajstić information content (AvgIpc) is 2.20. The van der Waals surface area contributed by atoms with E-state index in [9.17, 15) is 8.78 Å². The van der Waals surface area contributed by atoms with Crippen molar-refractivity contribution in [1.29, 1.82) is 0 Å². The smallest absolute Gasteiger partial charge is 0.129 e. The summed E-state index contributed by atoms with van der Waals surface area (Å²) >= 11 is 0. The summed E-state index contributed by atoms with van der Waals surface area (Å²) in [6, 6.07) is 4.08. The molecule has 2 unspecified atom stereocenters. The third-order valence-electron chi connectivity index (χ3n) is 3.20. The van der Waals surface area contributed by atoms with Gasteiger partial charge in [-0.05, 0) is 31.0 Å². The van der Waals surface area contributed by atoms with Crippen molar-refractivity contribution in [3.8, 4) is 0 Å². The molecular formula is C12H15F2N. The lowest BCUT2D eigenvalue weighted by molar-refractivity contribution is 0.331. The largest absolute Gasteiger partial charge is 0.316 e. The van der Waals surface area contributed by atoms with Crippen molar-refractivity contribution in [2.75, 3.05) is 13.1 Å².